The maximum absolute atomic E-state index is 12.8. The summed E-state index contributed by atoms with van der Waals surface area (Å²) < 4.78 is 0. The van der Waals surface area contributed by atoms with Gasteiger partial charge < -0.3 is 20.7 Å². The number of piperazine rings is 1. The fraction of sp³-hybridized carbons (Fsp3) is 0.647. The first-order chi connectivity index (χ1) is 11.1. The van der Waals surface area contributed by atoms with Crippen LogP contribution >= 0.6 is 0 Å². The van der Waals surface area contributed by atoms with Crippen LogP contribution in [-0.4, -0.2) is 60.0 Å². The molecule has 6 nitrogen and oxygen atoms in total. The molecule has 124 valence electrons. The maximum atomic E-state index is 12.8. The molecule has 1 saturated heterocycles. The van der Waals surface area contributed by atoms with Crippen molar-refractivity contribution in [2.24, 2.45) is 16.9 Å². The van der Waals surface area contributed by atoms with Crippen LogP contribution in [0.1, 0.15) is 19.8 Å². The van der Waals surface area contributed by atoms with Gasteiger partial charge in [0.05, 0.1) is 18.2 Å². The predicted molar refractivity (Wildman–Crippen MR) is 87.8 cm³/mol. The number of hydrogen-bond acceptors (Lipinski definition) is 5. The molecule has 0 aromatic carbocycles. The van der Waals surface area contributed by atoms with Crippen molar-refractivity contribution in [3.05, 3.63) is 23.3 Å². The predicted octanol–water partition coefficient (Wildman–Crippen LogP) is 0.0178. The van der Waals surface area contributed by atoms with Gasteiger partial charge >= 0.3 is 0 Å². The van der Waals surface area contributed by atoms with Gasteiger partial charge in [0.1, 0.15) is 0 Å². The van der Waals surface area contributed by atoms with Crippen molar-refractivity contribution in [2.75, 3.05) is 19.6 Å². The molecule has 4 aliphatic rings. The topological polar surface area (TPSA) is 77.0 Å². The Morgan fingerprint density at radius 2 is 2.22 bits per heavy atom. The summed E-state index contributed by atoms with van der Waals surface area (Å²) in [5, 5.41) is 17.1. The van der Waals surface area contributed by atoms with Crippen molar-refractivity contribution >= 4 is 12.1 Å². The van der Waals surface area contributed by atoms with Gasteiger partial charge in [0.2, 0.25) is 5.91 Å². The highest BCUT2D eigenvalue weighted by molar-refractivity contribution is 5.81. The van der Waals surface area contributed by atoms with Crippen LogP contribution in [0.5, 0.6) is 0 Å². The lowest BCUT2D eigenvalue weighted by Crippen LogP contribution is -2.57. The molecule has 1 amide bonds. The summed E-state index contributed by atoms with van der Waals surface area (Å²) in [7, 11) is 0. The van der Waals surface area contributed by atoms with Gasteiger partial charge in [0.25, 0.3) is 0 Å². The third-order valence-electron chi connectivity index (χ3n) is 5.49. The first-order valence-corrected chi connectivity index (χ1v) is 8.52. The van der Waals surface area contributed by atoms with Crippen LogP contribution in [0.3, 0.4) is 0 Å². The summed E-state index contributed by atoms with van der Waals surface area (Å²) in [6, 6.07) is 0.335. The number of aliphatic hydroxyl groups excluding tert-OH is 1. The standard InChI is InChI=1S/C17H24N4O2/c1-10-4-15-12(8-19-20-15)7-14(10)16-9-18-2-3-21(16)17(23)11-5-13(22)6-11/h4,7-8,11-13,15-16,18,20,22H,2-3,5-6,9H2,1H3/t11?,12?,13?,15?,16-/m1/s1. The van der Waals surface area contributed by atoms with Crippen LogP contribution in [0.4, 0.5) is 0 Å². The normalized spacial score (nSPS) is 39.0. The number of hydrazone groups is 1. The van der Waals surface area contributed by atoms with Gasteiger partial charge in [-0.3, -0.25) is 4.79 Å². The number of nitrogens with zero attached hydrogens (tertiary/aromatic N) is 2. The molecular weight excluding hydrogens is 292 g/mol. The number of amides is 1. The molecular formula is C17H24N4O2. The Hall–Kier alpha value is -1.66. The molecule has 2 fully saturated rings. The number of carbonyl (C=O) groups excluding carboxylic acids is 1. The van der Waals surface area contributed by atoms with Gasteiger partial charge in [0, 0.05) is 37.7 Å². The highest BCUT2D eigenvalue weighted by atomic mass is 16.3. The number of hydrogen-bond donors (Lipinski definition) is 3. The molecule has 0 radical (unpaired) electrons. The fourth-order valence-electron chi connectivity index (χ4n) is 4.04. The molecule has 2 heterocycles. The zero-order valence-corrected chi connectivity index (χ0v) is 13.4. The van der Waals surface area contributed by atoms with E-state index in [1.54, 1.807) is 0 Å². The number of aliphatic hydroxyl groups is 1. The lowest BCUT2D eigenvalue weighted by atomic mass is 9.80. The second-order valence-corrected chi connectivity index (χ2v) is 7.06. The largest absolute Gasteiger partial charge is 0.393 e. The average Bonchev–Trinajstić information content (AvgIpc) is 2.97. The van der Waals surface area contributed by atoms with Crippen molar-refractivity contribution in [1.29, 1.82) is 0 Å². The van der Waals surface area contributed by atoms with Crippen molar-refractivity contribution in [3.63, 3.8) is 0 Å². The molecule has 0 aromatic heterocycles. The maximum Gasteiger partial charge on any atom is 0.226 e. The Balaban J connectivity index is 1.56. The molecule has 4 rings (SSSR count). The van der Waals surface area contributed by atoms with Crippen molar-refractivity contribution < 1.29 is 9.90 Å². The lowest BCUT2D eigenvalue weighted by Gasteiger charge is -2.43. The molecule has 3 N–H and O–H groups in total. The first-order valence-electron chi connectivity index (χ1n) is 8.52. The zero-order valence-electron chi connectivity index (χ0n) is 13.4. The third kappa shape index (κ3) is 2.60. The molecule has 2 aliphatic heterocycles. The summed E-state index contributed by atoms with van der Waals surface area (Å²) in [5.74, 6) is 0.482. The van der Waals surface area contributed by atoms with Crippen molar-refractivity contribution in [2.45, 2.75) is 38.0 Å². The minimum atomic E-state index is -0.289. The van der Waals surface area contributed by atoms with Gasteiger partial charge in [0.15, 0.2) is 0 Å². The number of rotatable bonds is 2. The van der Waals surface area contributed by atoms with Crippen LogP contribution in [0.25, 0.3) is 0 Å². The van der Waals surface area contributed by atoms with Crippen molar-refractivity contribution in [1.82, 2.24) is 15.6 Å². The lowest BCUT2D eigenvalue weighted by molar-refractivity contribution is -0.144. The quantitative estimate of drug-likeness (QED) is 0.671. The highest BCUT2D eigenvalue weighted by Gasteiger charge is 2.40. The summed E-state index contributed by atoms with van der Waals surface area (Å²) in [4.78, 5) is 14.8. The monoisotopic (exact) mass is 316 g/mol. The summed E-state index contributed by atoms with van der Waals surface area (Å²) in [5.41, 5.74) is 5.58. The van der Waals surface area contributed by atoms with E-state index in [1.165, 1.54) is 11.1 Å². The minimum absolute atomic E-state index is 0.00142. The summed E-state index contributed by atoms with van der Waals surface area (Å²) in [6.07, 6.45) is 7.37. The molecule has 2 aliphatic carbocycles. The SMILES string of the molecule is CC1=CC2NN=CC2C=C1[C@H]1CNCCN1C(=O)C1CC(O)C1. The second-order valence-electron chi connectivity index (χ2n) is 7.06. The van der Waals surface area contributed by atoms with Crippen LogP contribution in [0.2, 0.25) is 0 Å². The Labute approximate surface area is 136 Å². The molecule has 6 heteroatoms. The fourth-order valence-corrected chi connectivity index (χ4v) is 4.04. The van der Waals surface area contributed by atoms with Crippen molar-refractivity contribution in [3.8, 4) is 0 Å². The van der Waals surface area contributed by atoms with Crippen LogP contribution in [0.15, 0.2) is 28.4 Å². The van der Waals surface area contributed by atoms with Gasteiger partial charge in [-0.15, -0.1) is 0 Å². The van der Waals surface area contributed by atoms with Crippen LogP contribution in [0, 0.1) is 11.8 Å². The summed E-state index contributed by atoms with van der Waals surface area (Å²) >= 11 is 0. The number of nitrogens with one attached hydrogen (secondary N) is 2. The van der Waals surface area contributed by atoms with Crippen LogP contribution in [-0.2, 0) is 4.79 Å². The van der Waals surface area contributed by atoms with Gasteiger partial charge in [-0.1, -0.05) is 12.2 Å². The number of carbonyl (C=O) groups is 1. The molecule has 23 heavy (non-hydrogen) atoms. The molecule has 0 spiro atoms. The van der Waals surface area contributed by atoms with E-state index in [2.05, 4.69) is 34.9 Å². The van der Waals surface area contributed by atoms with E-state index in [0.717, 1.165) is 19.6 Å². The van der Waals surface area contributed by atoms with E-state index in [1.807, 2.05) is 11.1 Å². The van der Waals surface area contributed by atoms with E-state index in [4.69, 9.17) is 0 Å². The summed E-state index contributed by atoms with van der Waals surface area (Å²) in [6.45, 7) is 4.48. The smallest absolute Gasteiger partial charge is 0.226 e. The van der Waals surface area contributed by atoms with E-state index < -0.39 is 0 Å². The Morgan fingerprint density at radius 1 is 1.39 bits per heavy atom. The molecule has 3 atom stereocenters. The highest BCUT2D eigenvalue weighted by Crippen LogP contribution is 2.33. The molecule has 2 unspecified atom stereocenters. The van der Waals surface area contributed by atoms with E-state index in [9.17, 15) is 9.90 Å². The number of fused-ring (bicyclic) bond motifs is 1. The second kappa shape index (κ2) is 5.76. The van der Waals surface area contributed by atoms with Gasteiger partial charge in [-0.2, -0.15) is 5.10 Å². The molecule has 0 aromatic rings. The van der Waals surface area contributed by atoms with E-state index in [-0.39, 0.29) is 35.9 Å². The zero-order chi connectivity index (χ0) is 16.0. The average molecular weight is 316 g/mol. The van der Waals surface area contributed by atoms with Crippen LogP contribution < -0.4 is 10.7 Å². The minimum Gasteiger partial charge on any atom is -0.393 e. The van der Waals surface area contributed by atoms with Gasteiger partial charge in [-0.25, -0.2) is 0 Å². The Kier molecular flexibility index (Phi) is 3.73. The van der Waals surface area contributed by atoms with E-state index in [0.29, 0.717) is 12.8 Å². The Bertz CT molecular complexity index is 591. The third-order valence-corrected chi connectivity index (χ3v) is 5.49. The van der Waals surface area contributed by atoms with Gasteiger partial charge in [-0.05, 0) is 30.9 Å². The Morgan fingerprint density at radius 3 is 3.00 bits per heavy atom. The molecule has 0 bridgehead atoms. The van der Waals surface area contributed by atoms with E-state index >= 15 is 0 Å². The molecule has 1 saturated carbocycles. The first kappa shape index (κ1) is 14.9.